The molecular weight excluding hydrogens is 969 g/mol. The standard InChI is InChI=1S/C25H28N4O5S2.C25H28N4O3S2/c1-17-5-10-21(22(13-17)29-11-3-2-4-12-29)27-24(32)28-25-26-15-19(35-25)16-36(33,34)20-8-6-18(7-9-20)14-23(30)31;1-17-5-10-21(22(13-17)29-11-3-2-4-12-29)27-24(32)28-25-26-15-20(34-25)16-33-19-8-6-18(7-9-19)14-23(30)31/h5-10,13,15H,2-4,11-12,14,16H2,1H3,(H,30,31)(H2,26,27,28,32);5-10,13,15H,2-4,11-12,14,16H2,1H3,(H,30,31)(H2,26,27,28,32). The highest BCUT2D eigenvalue weighted by Crippen LogP contribution is 2.33. The van der Waals surface area contributed by atoms with Crippen molar-refractivity contribution in [3.8, 4) is 0 Å². The Balaban J connectivity index is 0.000000207. The molecule has 2 saturated heterocycles. The van der Waals surface area contributed by atoms with E-state index in [0.29, 0.717) is 26.4 Å². The van der Waals surface area contributed by atoms with Crippen LogP contribution in [0.1, 0.15) is 70.5 Å². The molecule has 0 aliphatic carbocycles. The van der Waals surface area contributed by atoms with Crippen molar-refractivity contribution < 1.29 is 37.8 Å². The van der Waals surface area contributed by atoms with Gasteiger partial charge in [-0.15, -0.1) is 34.4 Å². The lowest BCUT2D eigenvalue weighted by atomic mass is 10.1. The first-order valence-corrected chi connectivity index (χ1v) is 27.2. The van der Waals surface area contributed by atoms with E-state index in [2.05, 4.69) is 60.1 Å². The van der Waals surface area contributed by atoms with Crippen LogP contribution in [0.5, 0.6) is 0 Å². The minimum absolute atomic E-state index is 0.0268. The Morgan fingerprint density at radius 1 is 0.600 bits per heavy atom. The number of piperidine rings is 2. The van der Waals surface area contributed by atoms with Gasteiger partial charge < -0.3 is 30.6 Å². The number of urea groups is 2. The van der Waals surface area contributed by atoms with E-state index >= 15 is 0 Å². The fourth-order valence-electron chi connectivity index (χ4n) is 7.95. The number of sulfone groups is 1. The lowest BCUT2D eigenvalue weighted by Gasteiger charge is -2.30. The number of aliphatic carboxylic acids is 2. The first kappa shape index (κ1) is 51.4. The van der Waals surface area contributed by atoms with Crippen LogP contribution in [0.3, 0.4) is 0 Å². The molecule has 2 aliphatic heterocycles. The average Bonchev–Trinajstić information content (AvgIpc) is 3.98. The van der Waals surface area contributed by atoms with Crippen LogP contribution in [0.15, 0.2) is 107 Å². The number of carbonyl (C=O) groups is 4. The van der Waals surface area contributed by atoms with Crippen molar-refractivity contribution in [3.05, 3.63) is 129 Å². The van der Waals surface area contributed by atoms with Crippen molar-refractivity contribution in [1.29, 1.82) is 0 Å². The molecule has 0 spiro atoms. The summed E-state index contributed by atoms with van der Waals surface area (Å²) in [6.45, 7) is 8.01. The number of benzene rings is 4. The third-order valence-electron chi connectivity index (χ3n) is 11.4. The predicted molar refractivity (Wildman–Crippen MR) is 280 cm³/mol. The average molecular weight is 1030 g/mol. The highest BCUT2D eigenvalue weighted by molar-refractivity contribution is 7.98. The van der Waals surface area contributed by atoms with Gasteiger partial charge in [-0.2, -0.15) is 0 Å². The Morgan fingerprint density at radius 3 is 1.51 bits per heavy atom. The van der Waals surface area contributed by atoms with Gasteiger partial charge in [0.15, 0.2) is 20.1 Å². The number of hydrogen-bond donors (Lipinski definition) is 6. The first-order valence-electron chi connectivity index (χ1n) is 22.9. The van der Waals surface area contributed by atoms with Gasteiger partial charge in [-0.25, -0.2) is 28.0 Å². The fourth-order valence-corrected chi connectivity index (χ4v) is 12.1. The van der Waals surface area contributed by atoms with Gasteiger partial charge in [-0.3, -0.25) is 20.2 Å². The number of hydrogen-bond acceptors (Lipinski definition) is 13. The van der Waals surface area contributed by atoms with Crippen molar-refractivity contribution in [1.82, 2.24) is 9.97 Å². The molecule has 4 heterocycles. The van der Waals surface area contributed by atoms with E-state index in [4.69, 9.17) is 10.2 Å². The third-order valence-corrected chi connectivity index (χ3v) is 16.3. The quantitative estimate of drug-likeness (QED) is 0.0497. The number of nitrogens with zero attached hydrogens (tertiary/aromatic N) is 4. The van der Waals surface area contributed by atoms with Crippen LogP contribution in [0.25, 0.3) is 0 Å². The molecule has 70 heavy (non-hydrogen) atoms. The van der Waals surface area contributed by atoms with Crippen molar-refractivity contribution in [3.63, 3.8) is 0 Å². The Labute approximate surface area is 419 Å². The highest BCUT2D eigenvalue weighted by Gasteiger charge is 2.21. The molecule has 16 nitrogen and oxygen atoms in total. The van der Waals surface area contributed by atoms with Crippen LogP contribution < -0.4 is 31.1 Å². The van der Waals surface area contributed by atoms with Crippen LogP contribution in [0.2, 0.25) is 0 Å². The predicted octanol–water partition coefficient (Wildman–Crippen LogP) is 10.7. The second-order valence-electron chi connectivity index (χ2n) is 17.0. The van der Waals surface area contributed by atoms with E-state index in [1.807, 2.05) is 55.5 Å². The van der Waals surface area contributed by atoms with Crippen LogP contribution in [0, 0.1) is 13.8 Å². The molecule has 368 valence electrons. The maximum atomic E-state index is 12.8. The Kier molecular flexibility index (Phi) is 17.9. The van der Waals surface area contributed by atoms with E-state index in [0.717, 1.165) is 94.1 Å². The summed E-state index contributed by atoms with van der Waals surface area (Å²) in [5.41, 5.74) is 7.17. The number of carboxylic acid groups (broad SMARTS) is 2. The van der Waals surface area contributed by atoms with Crippen LogP contribution >= 0.6 is 34.4 Å². The molecular formula is C50H56N8O8S4. The van der Waals surface area contributed by atoms with E-state index in [-0.39, 0.29) is 29.5 Å². The zero-order valence-electron chi connectivity index (χ0n) is 38.9. The van der Waals surface area contributed by atoms with Crippen molar-refractivity contribution in [2.45, 2.75) is 86.5 Å². The summed E-state index contributed by atoms with van der Waals surface area (Å²) in [6.07, 6.45) is 10.1. The second kappa shape index (κ2) is 24.4. The summed E-state index contributed by atoms with van der Waals surface area (Å²) in [5, 5.41) is 30.0. The molecule has 20 heteroatoms. The Morgan fingerprint density at radius 2 is 1.04 bits per heavy atom. The number of aromatic nitrogens is 2. The van der Waals surface area contributed by atoms with E-state index in [1.165, 1.54) is 73.0 Å². The molecule has 0 radical (unpaired) electrons. The van der Waals surface area contributed by atoms with E-state index in [1.54, 1.807) is 18.0 Å². The minimum Gasteiger partial charge on any atom is -0.481 e. The van der Waals surface area contributed by atoms with E-state index < -0.39 is 27.8 Å². The second-order valence-corrected chi connectivity index (χ2v) is 22.3. The molecule has 4 amide bonds. The summed E-state index contributed by atoms with van der Waals surface area (Å²) in [4.78, 5) is 62.8. The van der Waals surface area contributed by atoms with Gasteiger partial charge in [0.2, 0.25) is 0 Å². The summed E-state index contributed by atoms with van der Waals surface area (Å²) < 4.78 is 25.6. The molecule has 0 saturated carbocycles. The maximum Gasteiger partial charge on any atom is 0.325 e. The van der Waals surface area contributed by atoms with Crippen molar-refractivity contribution in [2.24, 2.45) is 0 Å². The SMILES string of the molecule is Cc1ccc(NC(=O)Nc2ncc(CS(=O)(=O)c3ccc(CC(=O)O)cc3)s2)c(N2CCCCC2)c1.Cc1ccc(NC(=O)Nc2ncc(CSc3ccc(CC(=O)O)cc3)s2)c(N2CCCCC2)c1. The summed E-state index contributed by atoms with van der Waals surface area (Å²) in [6, 6.07) is 24.6. The highest BCUT2D eigenvalue weighted by atomic mass is 32.2. The summed E-state index contributed by atoms with van der Waals surface area (Å²) in [7, 11) is -3.66. The zero-order chi connectivity index (χ0) is 49.6. The number of carbonyl (C=O) groups excluding carboxylic acids is 2. The summed E-state index contributed by atoms with van der Waals surface area (Å²) >= 11 is 4.18. The van der Waals surface area contributed by atoms with E-state index in [9.17, 15) is 27.6 Å². The van der Waals surface area contributed by atoms with Crippen molar-refractivity contribution in [2.75, 3.05) is 57.2 Å². The first-order chi connectivity index (χ1) is 33.6. The Bertz CT molecular complexity index is 2880. The molecule has 6 N–H and O–H groups in total. The smallest absolute Gasteiger partial charge is 0.325 e. The molecule has 0 bridgehead atoms. The number of carboxylic acids is 2. The monoisotopic (exact) mass is 1020 g/mol. The number of aryl methyl sites for hydroxylation is 2. The molecule has 8 rings (SSSR count). The van der Waals surface area contributed by atoms with Gasteiger partial charge in [-0.05, 0) is 123 Å². The number of nitrogens with one attached hydrogen (secondary N) is 4. The van der Waals surface area contributed by atoms with Crippen molar-refractivity contribution >= 4 is 101 Å². The molecule has 0 atom stereocenters. The van der Waals surface area contributed by atoms with Gasteiger partial charge in [-0.1, -0.05) is 36.4 Å². The normalized spacial score (nSPS) is 13.7. The minimum atomic E-state index is -3.66. The van der Waals surface area contributed by atoms with Gasteiger partial charge in [0.1, 0.15) is 0 Å². The topological polar surface area (TPSA) is 223 Å². The van der Waals surface area contributed by atoms with Crippen LogP contribution in [0.4, 0.5) is 42.6 Å². The largest absolute Gasteiger partial charge is 0.481 e. The van der Waals surface area contributed by atoms with Gasteiger partial charge in [0.05, 0.1) is 46.2 Å². The van der Waals surface area contributed by atoms with Crippen LogP contribution in [-0.2, 0) is 43.8 Å². The van der Waals surface area contributed by atoms with Gasteiger partial charge in [0.25, 0.3) is 0 Å². The number of rotatable bonds is 16. The molecule has 2 aliphatic rings. The summed E-state index contributed by atoms with van der Waals surface area (Å²) in [5.74, 6) is -1.37. The number of anilines is 6. The number of amides is 4. The van der Waals surface area contributed by atoms with Crippen LogP contribution in [-0.4, -0.2) is 78.8 Å². The maximum absolute atomic E-state index is 12.8. The Hall–Kier alpha value is -6.48. The van der Waals surface area contributed by atoms with Gasteiger partial charge >= 0.3 is 24.0 Å². The fraction of sp³-hybridized carbons (Fsp3) is 0.320. The molecule has 2 aromatic heterocycles. The third kappa shape index (κ3) is 15.3. The molecule has 6 aromatic rings. The van der Waals surface area contributed by atoms with Gasteiger partial charge in [0, 0.05) is 59.0 Å². The molecule has 2 fully saturated rings. The molecule has 0 unspecified atom stereocenters. The lowest BCUT2D eigenvalue weighted by molar-refractivity contribution is -0.137. The zero-order valence-corrected chi connectivity index (χ0v) is 42.2. The number of thiazole rings is 2. The number of thioether (sulfide) groups is 1. The lowest BCUT2D eigenvalue weighted by Crippen LogP contribution is -2.31. The molecule has 4 aromatic carbocycles.